The third kappa shape index (κ3) is 5.86. The molecule has 0 aliphatic rings. The van der Waals surface area contributed by atoms with Gasteiger partial charge in [-0.05, 0) is 122 Å². The van der Waals surface area contributed by atoms with Crippen molar-refractivity contribution in [1.82, 2.24) is 0 Å². The molecule has 4 aromatic rings. The van der Waals surface area contributed by atoms with Crippen molar-refractivity contribution in [1.29, 1.82) is 0 Å². The van der Waals surface area contributed by atoms with Gasteiger partial charge in [0.1, 0.15) is 23.0 Å². The van der Waals surface area contributed by atoms with Gasteiger partial charge >= 0.3 is 0 Å². The molecule has 0 atom stereocenters. The number of phenolic OH excluding ortho intramolecular Hbond substituents is 4. The van der Waals surface area contributed by atoms with Crippen LogP contribution in [0.25, 0.3) is 0 Å². The van der Waals surface area contributed by atoms with Gasteiger partial charge in [0.15, 0.2) is 0 Å². The highest BCUT2D eigenvalue weighted by Gasteiger charge is 2.29. The zero-order chi connectivity index (χ0) is 31.9. The van der Waals surface area contributed by atoms with E-state index in [9.17, 15) is 20.4 Å². The Bertz CT molecular complexity index is 1560. The minimum Gasteiger partial charge on any atom is -0.507 e. The van der Waals surface area contributed by atoms with Crippen LogP contribution in [0.1, 0.15) is 94.5 Å². The molecule has 224 valence electrons. The number of hydrogen-bond acceptors (Lipinski definition) is 4. The van der Waals surface area contributed by atoms with Crippen molar-refractivity contribution in [3.05, 3.63) is 115 Å². The molecule has 0 saturated heterocycles. The molecule has 0 radical (unpaired) electrons. The lowest BCUT2D eigenvalue weighted by Crippen LogP contribution is -2.22. The van der Waals surface area contributed by atoms with Crippen LogP contribution in [0.4, 0.5) is 0 Å². The summed E-state index contributed by atoms with van der Waals surface area (Å²) in [7, 11) is 0. The highest BCUT2D eigenvalue weighted by atomic mass is 16.3. The molecule has 4 rings (SSSR count). The van der Waals surface area contributed by atoms with E-state index in [1.807, 2.05) is 85.7 Å². The SMILES string of the molecule is Cc1cc(C(C)(C)c2ccc(C)c(O)c2C)cc(C)c1O.Cc1ccc(C(C)(C)c2ccc(C)c(O)c2C)c(C)c1O. The lowest BCUT2D eigenvalue weighted by Gasteiger charge is -2.30. The number of aromatic hydroxyl groups is 4. The van der Waals surface area contributed by atoms with Gasteiger partial charge in [-0.3, -0.25) is 0 Å². The highest BCUT2D eigenvalue weighted by molar-refractivity contribution is 5.55. The molecule has 0 spiro atoms. The van der Waals surface area contributed by atoms with E-state index >= 15 is 0 Å². The predicted molar refractivity (Wildman–Crippen MR) is 175 cm³/mol. The Labute approximate surface area is 252 Å². The Morgan fingerprint density at radius 2 is 0.667 bits per heavy atom. The molecule has 0 saturated carbocycles. The zero-order valence-corrected chi connectivity index (χ0v) is 27.4. The van der Waals surface area contributed by atoms with Crippen LogP contribution in [0.5, 0.6) is 23.0 Å². The Hall–Kier alpha value is -3.92. The molecule has 4 aromatic carbocycles. The normalized spacial score (nSPS) is 11.7. The van der Waals surface area contributed by atoms with Crippen LogP contribution in [-0.2, 0) is 10.8 Å². The second-order valence-corrected chi connectivity index (χ2v) is 12.9. The van der Waals surface area contributed by atoms with Crippen molar-refractivity contribution in [2.75, 3.05) is 0 Å². The van der Waals surface area contributed by atoms with Crippen LogP contribution in [-0.4, -0.2) is 20.4 Å². The fraction of sp³-hybridized carbons (Fsp3) is 0.368. The first-order valence-electron chi connectivity index (χ1n) is 14.5. The monoisotopic (exact) mass is 568 g/mol. The van der Waals surface area contributed by atoms with Crippen LogP contribution >= 0.6 is 0 Å². The Morgan fingerprint density at radius 3 is 0.976 bits per heavy atom. The summed E-state index contributed by atoms with van der Waals surface area (Å²) >= 11 is 0. The van der Waals surface area contributed by atoms with E-state index in [4.69, 9.17) is 0 Å². The van der Waals surface area contributed by atoms with E-state index in [2.05, 4.69) is 45.9 Å². The molecule has 0 aliphatic heterocycles. The summed E-state index contributed by atoms with van der Waals surface area (Å²) in [5.41, 5.74) is 11.0. The third-order valence-electron chi connectivity index (χ3n) is 9.13. The summed E-state index contributed by atoms with van der Waals surface area (Å²) < 4.78 is 0. The standard InChI is InChI=1S/2C19H24O2/c1-11-7-9-15(13(3)17(11)20)19(5,6)16-10-8-12(2)18(21)14(16)4;1-11-7-8-16(14(4)18(11)21)19(5,6)15-9-12(2)17(20)13(3)10-15/h2*7-10,20-21H,1-6H3. The van der Waals surface area contributed by atoms with Crippen molar-refractivity contribution >= 4 is 0 Å². The molecule has 0 bridgehead atoms. The van der Waals surface area contributed by atoms with E-state index in [0.29, 0.717) is 23.0 Å². The van der Waals surface area contributed by atoms with Gasteiger partial charge in [0.05, 0.1) is 0 Å². The lowest BCUT2D eigenvalue weighted by molar-refractivity contribution is 0.459. The second kappa shape index (κ2) is 11.8. The molecule has 0 aliphatic carbocycles. The average molecular weight is 569 g/mol. The summed E-state index contributed by atoms with van der Waals surface area (Å²) in [6, 6.07) is 16.1. The van der Waals surface area contributed by atoms with E-state index in [0.717, 1.165) is 66.8 Å². The van der Waals surface area contributed by atoms with E-state index in [1.54, 1.807) is 0 Å². The number of hydrogen-bond donors (Lipinski definition) is 4. The van der Waals surface area contributed by atoms with Gasteiger partial charge in [0.25, 0.3) is 0 Å². The second-order valence-electron chi connectivity index (χ2n) is 12.9. The van der Waals surface area contributed by atoms with Crippen molar-refractivity contribution < 1.29 is 20.4 Å². The van der Waals surface area contributed by atoms with Gasteiger partial charge in [0.2, 0.25) is 0 Å². The minimum absolute atomic E-state index is 0.238. The minimum atomic E-state index is -0.287. The maximum Gasteiger partial charge on any atom is 0.121 e. The first-order chi connectivity index (χ1) is 19.3. The first kappa shape index (κ1) is 32.6. The molecule has 4 N–H and O–H groups in total. The molecule has 0 fully saturated rings. The first-order valence-corrected chi connectivity index (χ1v) is 14.5. The van der Waals surface area contributed by atoms with Gasteiger partial charge in [-0.15, -0.1) is 0 Å². The average Bonchev–Trinajstić information content (AvgIpc) is 2.91. The van der Waals surface area contributed by atoms with Crippen LogP contribution in [0.3, 0.4) is 0 Å². The third-order valence-corrected chi connectivity index (χ3v) is 9.13. The molecule has 0 unspecified atom stereocenters. The van der Waals surface area contributed by atoms with Crippen LogP contribution in [0.15, 0.2) is 48.5 Å². The Morgan fingerprint density at radius 1 is 0.381 bits per heavy atom. The fourth-order valence-electron chi connectivity index (χ4n) is 6.16. The summed E-state index contributed by atoms with van der Waals surface area (Å²) in [6.07, 6.45) is 0. The van der Waals surface area contributed by atoms with Crippen molar-refractivity contribution in [2.45, 2.75) is 93.9 Å². The molecule has 4 heteroatoms. The van der Waals surface area contributed by atoms with E-state index in [1.165, 1.54) is 0 Å². The number of aryl methyl sites for hydroxylation is 5. The number of phenols is 4. The predicted octanol–water partition coefficient (Wildman–Crippen LogP) is 9.31. The number of benzene rings is 4. The van der Waals surface area contributed by atoms with Gasteiger partial charge in [-0.2, -0.15) is 0 Å². The van der Waals surface area contributed by atoms with Crippen molar-refractivity contribution in [3.63, 3.8) is 0 Å². The zero-order valence-electron chi connectivity index (χ0n) is 27.4. The quantitative estimate of drug-likeness (QED) is 0.198. The maximum atomic E-state index is 10.2. The van der Waals surface area contributed by atoms with E-state index < -0.39 is 0 Å². The summed E-state index contributed by atoms with van der Waals surface area (Å²) in [5.74, 6) is 1.44. The van der Waals surface area contributed by atoms with Gasteiger partial charge in [-0.25, -0.2) is 0 Å². The highest BCUT2D eigenvalue weighted by Crippen LogP contribution is 2.42. The molecule has 4 nitrogen and oxygen atoms in total. The van der Waals surface area contributed by atoms with Gasteiger partial charge < -0.3 is 20.4 Å². The van der Waals surface area contributed by atoms with Gasteiger partial charge in [0, 0.05) is 10.8 Å². The van der Waals surface area contributed by atoms with Crippen LogP contribution in [0, 0.1) is 55.4 Å². The molecule has 0 heterocycles. The van der Waals surface area contributed by atoms with Gasteiger partial charge in [-0.1, -0.05) is 76.2 Å². The van der Waals surface area contributed by atoms with Crippen LogP contribution < -0.4 is 0 Å². The molecular weight excluding hydrogens is 520 g/mol. The molecule has 0 amide bonds. The molecule has 0 aromatic heterocycles. The summed E-state index contributed by atoms with van der Waals surface area (Å²) in [4.78, 5) is 0. The smallest absolute Gasteiger partial charge is 0.121 e. The Kier molecular flexibility index (Phi) is 9.12. The lowest BCUT2D eigenvalue weighted by atomic mass is 9.74. The van der Waals surface area contributed by atoms with Crippen molar-refractivity contribution in [2.24, 2.45) is 0 Å². The maximum absolute atomic E-state index is 10.2. The van der Waals surface area contributed by atoms with E-state index in [-0.39, 0.29) is 10.8 Å². The van der Waals surface area contributed by atoms with Crippen LogP contribution in [0.2, 0.25) is 0 Å². The molecule has 42 heavy (non-hydrogen) atoms. The molecular formula is C38H48O4. The summed E-state index contributed by atoms with van der Waals surface area (Å²) in [5, 5.41) is 40.6. The topological polar surface area (TPSA) is 80.9 Å². The Balaban J connectivity index is 0.000000230. The fourth-order valence-corrected chi connectivity index (χ4v) is 6.16. The number of rotatable bonds is 4. The summed E-state index contributed by atoms with van der Waals surface area (Å²) in [6.45, 7) is 24.0. The largest absolute Gasteiger partial charge is 0.507 e. The van der Waals surface area contributed by atoms with Crippen molar-refractivity contribution in [3.8, 4) is 23.0 Å².